The van der Waals surface area contributed by atoms with Gasteiger partial charge in [-0.05, 0) is 24.3 Å². The van der Waals surface area contributed by atoms with Crippen LogP contribution in [0.4, 0.5) is 0 Å². The second kappa shape index (κ2) is 7.40. The Hall–Kier alpha value is -2.80. The van der Waals surface area contributed by atoms with Crippen LogP contribution < -0.4 is 0 Å². The number of furan rings is 1. The van der Waals surface area contributed by atoms with Crippen LogP contribution in [0.1, 0.15) is 16.1 Å². The molecular formula is C20H11Cl2NO2. The highest BCUT2D eigenvalue weighted by Crippen LogP contribution is 2.34. The van der Waals surface area contributed by atoms with Crippen LogP contribution in [0.3, 0.4) is 0 Å². The molecule has 0 fully saturated rings. The topological polar surface area (TPSA) is 54.0 Å². The molecule has 1 aromatic heterocycles. The summed E-state index contributed by atoms with van der Waals surface area (Å²) >= 11 is 12.2. The van der Waals surface area contributed by atoms with Gasteiger partial charge in [-0.1, -0.05) is 59.6 Å². The van der Waals surface area contributed by atoms with Gasteiger partial charge in [-0.25, -0.2) is 0 Å². The Bertz CT molecular complexity index is 998. The Morgan fingerprint density at radius 3 is 2.48 bits per heavy atom. The highest BCUT2D eigenvalue weighted by atomic mass is 35.5. The first-order valence-corrected chi connectivity index (χ1v) is 8.11. The van der Waals surface area contributed by atoms with Crippen molar-refractivity contribution < 1.29 is 9.21 Å². The molecule has 3 aromatic rings. The Morgan fingerprint density at radius 2 is 1.76 bits per heavy atom. The number of carbonyl (C=O) groups excluding carboxylic acids is 1. The van der Waals surface area contributed by atoms with Crippen LogP contribution in [0.5, 0.6) is 0 Å². The fraction of sp³-hybridized carbons (Fsp3) is 0. The predicted octanol–water partition coefficient (Wildman–Crippen LogP) is 6.04. The molecule has 0 radical (unpaired) electrons. The third-order valence-corrected chi connectivity index (χ3v) is 4.35. The number of ketones is 1. The van der Waals surface area contributed by atoms with Crippen LogP contribution in [0.15, 0.2) is 70.7 Å². The molecule has 1 heterocycles. The second-order valence-electron chi connectivity index (χ2n) is 5.17. The summed E-state index contributed by atoms with van der Waals surface area (Å²) in [5.74, 6) is 0.525. The lowest BCUT2D eigenvalue weighted by molar-refractivity contribution is 0.104. The minimum Gasteiger partial charge on any atom is -0.457 e. The minimum atomic E-state index is -0.359. The van der Waals surface area contributed by atoms with Gasteiger partial charge >= 0.3 is 0 Å². The van der Waals surface area contributed by atoms with Gasteiger partial charge in [-0.2, -0.15) is 5.26 Å². The van der Waals surface area contributed by atoms with Crippen LogP contribution in [0, 0.1) is 11.3 Å². The van der Waals surface area contributed by atoms with Crippen molar-refractivity contribution in [3.63, 3.8) is 0 Å². The van der Waals surface area contributed by atoms with Crippen molar-refractivity contribution in [1.82, 2.24) is 0 Å². The van der Waals surface area contributed by atoms with Gasteiger partial charge in [0.25, 0.3) is 0 Å². The number of hydrogen-bond donors (Lipinski definition) is 0. The molecule has 0 spiro atoms. The maximum absolute atomic E-state index is 12.4. The van der Waals surface area contributed by atoms with Crippen molar-refractivity contribution in [2.24, 2.45) is 0 Å². The number of halogens is 2. The van der Waals surface area contributed by atoms with Crippen molar-refractivity contribution in [2.75, 3.05) is 0 Å². The standard InChI is InChI=1S/C20H11Cl2NO2/c21-17-8-4-7-16(19(17)22)18-10-9-15(25-18)11-14(12-23)20(24)13-5-2-1-3-6-13/h1-11H. The van der Waals surface area contributed by atoms with E-state index in [1.807, 2.05) is 6.07 Å². The van der Waals surface area contributed by atoms with E-state index in [1.165, 1.54) is 6.08 Å². The molecule has 25 heavy (non-hydrogen) atoms. The number of nitrogens with zero attached hydrogens (tertiary/aromatic N) is 1. The third kappa shape index (κ3) is 3.66. The number of Topliss-reactive ketones (excluding diaryl/α,β-unsaturated/α-hetero) is 1. The number of benzene rings is 2. The minimum absolute atomic E-state index is 0.00992. The number of rotatable bonds is 4. The molecule has 0 N–H and O–H groups in total. The first-order valence-electron chi connectivity index (χ1n) is 7.36. The lowest BCUT2D eigenvalue weighted by Crippen LogP contribution is -2.01. The van der Waals surface area contributed by atoms with Gasteiger partial charge in [-0.15, -0.1) is 0 Å². The lowest BCUT2D eigenvalue weighted by Gasteiger charge is -2.02. The fourth-order valence-electron chi connectivity index (χ4n) is 2.31. The van der Waals surface area contributed by atoms with E-state index in [2.05, 4.69) is 0 Å². The molecule has 0 aliphatic carbocycles. The maximum atomic E-state index is 12.4. The molecule has 3 nitrogen and oxygen atoms in total. The first kappa shape index (κ1) is 17.0. The van der Waals surface area contributed by atoms with Gasteiger partial charge in [0, 0.05) is 17.2 Å². The van der Waals surface area contributed by atoms with Crippen LogP contribution in [0.2, 0.25) is 10.0 Å². The molecule has 0 aliphatic rings. The summed E-state index contributed by atoms with van der Waals surface area (Å²) in [5.41, 5.74) is 1.07. The average Bonchev–Trinajstić information content (AvgIpc) is 3.10. The summed E-state index contributed by atoms with van der Waals surface area (Å²) in [6, 6.07) is 19.1. The molecule has 0 unspecified atom stereocenters. The monoisotopic (exact) mass is 367 g/mol. The van der Waals surface area contributed by atoms with Gasteiger partial charge in [0.05, 0.1) is 10.0 Å². The zero-order chi connectivity index (χ0) is 17.8. The van der Waals surface area contributed by atoms with Crippen molar-refractivity contribution >= 4 is 35.1 Å². The molecule has 0 saturated carbocycles. The Labute approximate surface area is 154 Å². The Kier molecular flexibility index (Phi) is 5.04. The molecule has 0 atom stereocenters. The normalized spacial score (nSPS) is 11.2. The van der Waals surface area contributed by atoms with Crippen molar-refractivity contribution in [3.8, 4) is 17.4 Å². The van der Waals surface area contributed by atoms with Crippen LogP contribution >= 0.6 is 23.2 Å². The SMILES string of the molecule is N#CC(=Cc1ccc(-c2cccc(Cl)c2Cl)o1)C(=O)c1ccccc1. The van der Waals surface area contributed by atoms with Crippen molar-refractivity contribution in [1.29, 1.82) is 5.26 Å². The van der Waals surface area contributed by atoms with Crippen LogP contribution in [-0.2, 0) is 0 Å². The van der Waals surface area contributed by atoms with E-state index < -0.39 is 0 Å². The molecule has 5 heteroatoms. The van der Waals surface area contributed by atoms with Crippen molar-refractivity contribution in [2.45, 2.75) is 0 Å². The predicted molar refractivity (Wildman–Crippen MR) is 98.5 cm³/mol. The second-order valence-corrected chi connectivity index (χ2v) is 5.95. The number of carbonyl (C=O) groups is 1. The molecule has 0 aliphatic heterocycles. The molecule has 0 saturated heterocycles. The average molecular weight is 368 g/mol. The summed E-state index contributed by atoms with van der Waals surface area (Å²) in [7, 11) is 0. The Morgan fingerprint density at radius 1 is 1.00 bits per heavy atom. The highest BCUT2D eigenvalue weighted by molar-refractivity contribution is 6.43. The quantitative estimate of drug-likeness (QED) is 0.320. The summed E-state index contributed by atoms with van der Waals surface area (Å²) in [5, 5.41) is 10.1. The van der Waals surface area contributed by atoms with Gasteiger partial charge in [0.15, 0.2) is 0 Å². The van der Waals surface area contributed by atoms with E-state index in [0.29, 0.717) is 32.7 Å². The number of allylic oxidation sites excluding steroid dienone is 1. The molecular weight excluding hydrogens is 357 g/mol. The van der Waals surface area contributed by atoms with E-state index in [-0.39, 0.29) is 11.4 Å². The van der Waals surface area contributed by atoms with Gasteiger partial charge in [0.2, 0.25) is 5.78 Å². The molecule has 122 valence electrons. The van der Waals surface area contributed by atoms with Gasteiger partial charge in [-0.3, -0.25) is 4.79 Å². The van der Waals surface area contributed by atoms with E-state index in [4.69, 9.17) is 27.6 Å². The maximum Gasteiger partial charge on any atom is 0.203 e. The fourth-order valence-corrected chi connectivity index (χ4v) is 2.70. The zero-order valence-corrected chi connectivity index (χ0v) is 14.4. The highest BCUT2D eigenvalue weighted by Gasteiger charge is 2.14. The Balaban J connectivity index is 1.94. The van der Waals surface area contributed by atoms with E-state index >= 15 is 0 Å². The summed E-state index contributed by atoms with van der Waals surface area (Å²) in [6.07, 6.45) is 1.41. The van der Waals surface area contributed by atoms with Crippen LogP contribution in [0.25, 0.3) is 17.4 Å². The number of nitriles is 1. The van der Waals surface area contributed by atoms with Crippen LogP contribution in [-0.4, -0.2) is 5.78 Å². The molecule has 0 bridgehead atoms. The zero-order valence-electron chi connectivity index (χ0n) is 12.9. The molecule has 0 amide bonds. The summed E-state index contributed by atoms with van der Waals surface area (Å²) in [4.78, 5) is 12.4. The van der Waals surface area contributed by atoms with E-state index in [9.17, 15) is 10.1 Å². The number of hydrogen-bond acceptors (Lipinski definition) is 3. The largest absolute Gasteiger partial charge is 0.457 e. The van der Waals surface area contributed by atoms with Gasteiger partial charge in [0.1, 0.15) is 23.2 Å². The summed E-state index contributed by atoms with van der Waals surface area (Å²) in [6.45, 7) is 0. The van der Waals surface area contributed by atoms with Gasteiger partial charge < -0.3 is 4.42 Å². The first-order chi connectivity index (χ1) is 12.1. The smallest absolute Gasteiger partial charge is 0.203 e. The molecule has 2 aromatic carbocycles. The third-order valence-electron chi connectivity index (χ3n) is 3.53. The van der Waals surface area contributed by atoms with Crippen molar-refractivity contribution in [3.05, 3.63) is 87.6 Å². The lowest BCUT2D eigenvalue weighted by atomic mass is 10.0. The molecule has 3 rings (SSSR count). The van der Waals surface area contributed by atoms with E-state index in [0.717, 1.165) is 0 Å². The summed E-state index contributed by atoms with van der Waals surface area (Å²) < 4.78 is 5.70. The van der Waals surface area contributed by atoms with E-state index in [1.54, 1.807) is 60.7 Å².